The number of nitrogens with zero attached hydrogens (tertiary/aromatic N) is 4. The monoisotopic (exact) mass is 605 g/mol. The third-order valence-corrected chi connectivity index (χ3v) is 10.4. The van der Waals surface area contributed by atoms with Gasteiger partial charge in [0.05, 0.1) is 29.6 Å². The number of benzene rings is 3. The molecule has 3 saturated heterocycles. The summed E-state index contributed by atoms with van der Waals surface area (Å²) >= 11 is 0. The molecule has 3 aromatic carbocycles. The number of fused-ring (bicyclic) bond motifs is 5. The number of aromatic hydroxyl groups is 1. The van der Waals surface area contributed by atoms with E-state index < -0.39 is 5.82 Å². The van der Waals surface area contributed by atoms with E-state index in [4.69, 9.17) is 9.72 Å². The lowest BCUT2D eigenvalue weighted by atomic mass is 9.80. The minimum atomic E-state index is -0.506. The molecule has 9 heteroatoms. The Hall–Kier alpha value is -4.23. The SMILES string of the molecule is CN1CCCC1COc1nc2c(F)c(-c3cc(O)cc4ccccc34)c(CCC#N)cc2c2c1c(CO)cn2C1C2CNC1C2. The normalized spacial score (nSPS) is 22.8. The number of hydrogen-bond donors (Lipinski definition) is 3. The first kappa shape index (κ1) is 28.3. The van der Waals surface area contributed by atoms with Gasteiger partial charge in [-0.15, -0.1) is 0 Å². The maximum atomic E-state index is 17.3. The summed E-state index contributed by atoms with van der Waals surface area (Å²) in [5.74, 6) is 0.319. The van der Waals surface area contributed by atoms with E-state index in [2.05, 4.69) is 27.9 Å². The molecule has 0 radical (unpaired) electrons. The molecule has 45 heavy (non-hydrogen) atoms. The van der Waals surface area contributed by atoms with E-state index in [1.165, 1.54) is 0 Å². The molecule has 230 valence electrons. The van der Waals surface area contributed by atoms with E-state index in [1.807, 2.05) is 36.5 Å². The predicted molar refractivity (Wildman–Crippen MR) is 172 cm³/mol. The first-order valence-corrected chi connectivity index (χ1v) is 15.9. The van der Waals surface area contributed by atoms with Crippen LogP contribution in [0.25, 0.3) is 43.7 Å². The molecule has 5 heterocycles. The van der Waals surface area contributed by atoms with Gasteiger partial charge in [0.2, 0.25) is 5.88 Å². The average molecular weight is 606 g/mol. The Morgan fingerprint density at radius 1 is 1.18 bits per heavy atom. The van der Waals surface area contributed by atoms with E-state index in [0.717, 1.165) is 54.0 Å². The number of pyridine rings is 1. The number of ether oxygens (including phenoxy) is 1. The van der Waals surface area contributed by atoms with Crippen LogP contribution in [0.4, 0.5) is 4.39 Å². The van der Waals surface area contributed by atoms with Crippen molar-refractivity contribution in [3.8, 4) is 28.8 Å². The van der Waals surface area contributed by atoms with Gasteiger partial charge < -0.3 is 29.7 Å². The van der Waals surface area contributed by atoms with E-state index in [0.29, 0.717) is 58.5 Å². The van der Waals surface area contributed by atoms with Crippen molar-refractivity contribution in [2.24, 2.45) is 5.92 Å². The van der Waals surface area contributed by atoms with Crippen LogP contribution in [-0.4, -0.2) is 63.5 Å². The van der Waals surface area contributed by atoms with Gasteiger partial charge in [0.15, 0.2) is 5.82 Å². The van der Waals surface area contributed by atoms with Crippen molar-refractivity contribution in [2.45, 2.75) is 56.8 Å². The number of nitrogens with one attached hydrogen (secondary N) is 1. The van der Waals surface area contributed by atoms with Crippen molar-refractivity contribution in [3.63, 3.8) is 0 Å². The number of aryl methyl sites for hydroxylation is 1. The number of phenolic OH excluding ortho intramolecular Hbond substituents is 1. The van der Waals surface area contributed by atoms with Crippen LogP contribution in [-0.2, 0) is 13.0 Å². The van der Waals surface area contributed by atoms with Crippen molar-refractivity contribution in [2.75, 3.05) is 26.7 Å². The summed E-state index contributed by atoms with van der Waals surface area (Å²) in [7, 11) is 2.09. The molecule has 8 nitrogen and oxygen atoms in total. The third kappa shape index (κ3) is 4.46. The van der Waals surface area contributed by atoms with Crippen LogP contribution in [0.1, 0.15) is 42.9 Å². The van der Waals surface area contributed by atoms with Crippen LogP contribution >= 0.6 is 0 Å². The molecule has 4 unspecified atom stereocenters. The Morgan fingerprint density at radius 3 is 2.78 bits per heavy atom. The summed E-state index contributed by atoms with van der Waals surface area (Å²) in [5, 5.41) is 37.4. The van der Waals surface area contributed by atoms with Crippen LogP contribution in [0.5, 0.6) is 11.6 Å². The van der Waals surface area contributed by atoms with E-state index in [-0.39, 0.29) is 36.4 Å². The molecule has 2 aromatic heterocycles. The minimum absolute atomic E-state index is 0.0389. The first-order valence-electron chi connectivity index (χ1n) is 15.9. The molecule has 1 saturated carbocycles. The molecule has 3 N–H and O–H groups in total. The van der Waals surface area contributed by atoms with Crippen molar-refractivity contribution in [3.05, 3.63) is 65.6 Å². The standard InChI is InChI=1S/C36H36FN5O3/c1-41-11-5-8-24(41)19-45-36-31-23(18-43)17-42(34-22-14-29(34)39-16-22)35(31)28-13-21(7-4-10-38)30(32(37)33(28)40-36)27-15-25(44)12-20-6-2-3-9-26(20)27/h2-3,6,9,12-13,15,17,22,24,29,34,39,43-44H,4-5,7-8,11,14,16,18-19H2,1H3. The highest BCUT2D eigenvalue weighted by molar-refractivity contribution is 6.10. The Morgan fingerprint density at radius 2 is 2.04 bits per heavy atom. The Labute approximate surface area is 260 Å². The topological polar surface area (TPSA) is 107 Å². The molecule has 4 fully saturated rings. The van der Waals surface area contributed by atoms with Gasteiger partial charge in [0.25, 0.3) is 0 Å². The van der Waals surface area contributed by atoms with Crippen LogP contribution in [0.3, 0.4) is 0 Å². The molecular weight excluding hydrogens is 569 g/mol. The van der Waals surface area contributed by atoms with Gasteiger partial charge in [0, 0.05) is 47.8 Å². The van der Waals surface area contributed by atoms with Crippen LogP contribution in [0.15, 0.2) is 48.7 Å². The Balaban J connectivity index is 1.42. The maximum Gasteiger partial charge on any atom is 0.224 e. The van der Waals surface area contributed by atoms with E-state index in [9.17, 15) is 15.5 Å². The van der Waals surface area contributed by atoms with E-state index in [1.54, 1.807) is 12.1 Å². The summed E-state index contributed by atoms with van der Waals surface area (Å²) in [4.78, 5) is 7.17. The lowest BCUT2D eigenvalue weighted by molar-refractivity contribution is 0.195. The van der Waals surface area contributed by atoms with Gasteiger partial charge in [-0.25, -0.2) is 9.37 Å². The molecular formula is C36H36FN5O3. The van der Waals surface area contributed by atoms with Crippen molar-refractivity contribution in [1.29, 1.82) is 5.26 Å². The van der Waals surface area contributed by atoms with Gasteiger partial charge in [-0.3, -0.25) is 0 Å². The number of phenols is 1. The summed E-state index contributed by atoms with van der Waals surface area (Å²) in [6.45, 7) is 2.16. The fourth-order valence-electron chi connectivity index (χ4n) is 8.10. The van der Waals surface area contributed by atoms with Crippen LogP contribution in [0, 0.1) is 23.1 Å². The lowest BCUT2D eigenvalue weighted by Crippen LogP contribution is -2.38. The molecule has 9 rings (SSSR count). The number of aromatic nitrogens is 2. The minimum Gasteiger partial charge on any atom is -0.508 e. The summed E-state index contributed by atoms with van der Waals surface area (Å²) in [5.41, 5.74) is 3.28. The van der Waals surface area contributed by atoms with Gasteiger partial charge in [-0.05, 0) is 85.3 Å². The largest absolute Gasteiger partial charge is 0.508 e. The number of aliphatic hydroxyl groups is 1. The molecule has 4 atom stereocenters. The molecule has 0 spiro atoms. The zero-order valence-corrected chi connectivity index (χ0v) is 25.3. The number of nitriles is 1. The highest BCUT2D eigenvalue weighted by Crippen LogP contribution is 2.49. The number of rotatable bonds is 8. The highest BCUT2D eigenvalue weighted by Gasteiger charge is 2.48. The number of likely N-dealkylation sites (tertiary alicyclic amines) is 1. The van der Waals surface area contributed by atoms with Gasteiger partial charge in [0.1, 0.15) is 17.9 Å². The lowest BCUT2D eigenvalue weighted by Gasteiger charge is -2.36. The average Bonchev–Trinajstić information content (AvgIpc) is 3.84. The second-order valence-corrected chi connectivity index (χ2v) is 12.9. The van der Waals surface area contributed by atoms with Crippen molar-refractivity contribution < 1.29 is 19.3 Å². The molecule has 0 amide bonds. The summed E-state index contributed by atoms with van der Waals surface area (Å²) in [6, 6.07) is 15.8. The van der Waals surface area contributed by atoms with Crippen molar-refractivity contribution >= 4 is 32.6 Å². The zero-order chi connectivity index (χ0) is 30.8. The molecule has 5 aromatic rings. The predicted octanol–water partition coefficient (Wildman–Crippen LogP) is 5.81. The summed E-state index contributed by atoms with van der Waals surface area (Å²) in [6.07, 6.45) is 5.75. The second-order valence-electron chi connectivity index (χ2n) is 12.9. The van der Waals surface area contributed by atoms with E-state index >= 15 is 4.39 Å². The fourth-order valence-corrected chi connectivity index (χ4v) is 8.10. The number of aliphatic hydroxyl groups excluding tert-OH is 1. The number of halogens is 1. The molecule has 1 aliphatic carbocycles. The second kappa shape index (κ2) is 11.0. The number of hydrogen-bond acceptors (Lipinski definition) is 7. The maximum absolute atomic E-state index is 17.3. The quantitative estimate of drug-likeness (QED) is 0.205. The number of likely N-dealkylation sites (N-methyl/N-ethyl adjacent to an activating group) is 1. The Kier molecular flexibility index (Phi) is 6.90. The van der Waals surface area contributed by atoms with Gasteiger partial charge >= 0.3 is 0 Å². The first-order chi connectivity index (χ1) is 22.0. The molecule has 3 aliphatic heterocycles. The molecule has 2 bridgehead atoms. The van der Waals surface area contributed by atoms with Crippen molar-refractivity contribution in [1.82, 2.24) is 19.8 Å². The summed E-state index contributed by atoms with van der Waals surface area (Å²) < 4.78 is 26.0. The highest BCUT2D eigenvalue weighted by atomic mass is 19.1. The zero-order valence-electron chi connectivity index (χ0n) is 25.3. The van der Waals surface area contributed by atoms with Gasteiger partial charge in [-0.2, -0.15) is 5.26 Å². The fraction of sp³-hybridized carbons (Fsp3) is 0.389. The smallest absolute Gasteiger partial charge is 0.224 e. The third-order valence-electron chi connectivity index (χ3n) is 10.4. The van der Waals surface area contributed by atoms with Gasteiger partial charge in [-0.1, -0.05) is 24.3 Å². The molecule has 4 aliphatic rings. The Bertz CT molecular complexity index is 2000. The van der Waals surface area contributed by atoms with Crippen LogP contribution in [0.2, 0.25) is 0 Å². The van der Waals surface area contributed by atoms with Crippen LogP contribution < -0.4 is 10.1 Å².